The second kappa shape index (κ2) is 10.6. The molecule has 2 aliphatic rings. The van der Waals surface area contributed by atoms with Crippen LogP contribution in [0.1, 0.15) is 55.1 Å². The molecule has 6 heteroatoms. The summed E-state index contributed by atoms with van der Waals surface area (Å²) in [5.74, 6) is 2.59. The summed E-state index contributed by atoms with van der Waals surface area (Å²) in [5.41, 5.74) is 4.30. The van der Waals surface area contributed by atoms with Crippen molar-refractivity contribution in [2.45, 2.75) is 38.5 Å². The van der Waals surface area contributed by atoms with E-state index < -0.39 is 0 Å². The number of unbranched alkanes of at least 4 members (excludes halogenated alkanes) is 1. The molecular weight excluding hydrogens is 504 g/mol. The minimum absolute atomic E-state index is 0.0911. The minimum atomic E-state index is -0.314. The maximum absolute atomic E-state index is 6.50. The van der Waals surface area contributed by atoms with Crippen LogP contribution >= 0.6 is 15.9 Å². The van der Waals surface area contributed by atoms with Gasteiger partial charge in [-0.25, -0.2) is 5.01 Å². The molecule has 0 radical (unpaired) electrons. The first kappa shape index (κ1) is 23.5. The van der Waals surface area contributed by atoms with Crippen LogP contribution in [0.3, 0.4) is 0 Å². The van der Waals surface area contributed by atoms with Crippen molar-refractivity contribution in [3.05, 3.63) is 101 Å². The summed E-state index contributed by atoms with van der Waals surface area (Å²) >= 11 is 3.62. The quantitative estimate of drug-likeness (QED) is 0.212. The average Bonchev–Trinajstić information content (AvgIpc) is 3.34. The van der Waals surface area contributed by atoms with Crippen LogP contribution < -0.4 is 14.2 Å². The molecule has 0 spiro atoms. The standard InChI is InChI=1S/C29H29BrN2O3/c1-3-5-17-34-24-13-8-21(9-14-24)29-32-27(25-18-22(30)10-15-28(25)35-29)19-26(31-32)20-6-11-23(12-7-20)33-16-4-2/h4,6-15,18,27,29H,2-3,5,16-17,19H2,1H3/t27-,29-/m1/s1. The smallest absolute Gasteiger partial charge is 0.213 e. The molecular formula is C29H29BrN2O3. The number of halogens is 1. The summed E-state index contributed by atoms with van der Waals surface area (Å²) in [6.07, 6.45) is 4.39. The van der Waals surface area contributed by atoms with Gasteiger partial charge in [0.05, 0.1) is 18.4 Å². The van der Waals surface area contributed by atoms with Crippen molar-refractivity contribution in [3.63, 3.8) is 0 Å². The van der Waals surface area contributed by atoms with E-state index in [2.05, 4.69) is 64.8 Å². The van der Waals surface area contributed by atoms with E-state index in [1.54, 1.807) is 6.08 Å². The van der Waals surface area contributed by atoms with Gasteiger partial charge in [0.2, 0.25) is 6.23 Å². The monoisotopic (exact) mass is 532 g/mol. The van der Waals surface area contributed by atoms with Gasteiger partial charge in [-0.05, 0) is 78.7 Å². The van der Waals surface area contributed by atoms with Gasteiger partial charge in [-0.15, -0.1) is 0 Å². The molecule has 2 atom stereocenters. The molecule has 0 saturated heterocycles. The molecule has 3 aromatic rings. The molecule has 3 aromatic carbocycles. The summed E-state index contributed by atoms with van der Waals surface area (Å²) in [6.45, 7) is 7.09. The highest BCUT2D eigenvalue weighted by atomic mass is 79.9. The van der Waals surface area contributed by atoms with Crippen LogP contribution in [0.25, 0.3) is 0 Å². The largest absolute Gasteiger partial charge is 0.494 e. The number of benzene rings is 3. The SMILES string of the molecule is C=CCOc1ccc(C2=NN3[C@H](C2)c2cc(Br)ccc2O[C@@H]3c2ccc(OCCCC)cc2)cc1. The Bertz CT molecular complexity index is 1210. The molecule has 0 amide bonds. The lowest BCUT2D eigenvalue weighted by Gasteiger charge is -2.38. The minimum Gasteiger partial charge on any atom is -0.494 e. The number of fused-ring (bicyclic) bond motifs is 3. The lowest BCUT2D eigenvalue weighted by Crippen LogP contribution is -2.33. The fourth-order valence-electron chi connectivity index (χ4n) is 4.41. The predicted molar refractivity (Wildman–Crippen MR) is 142 cm³/mol. The number of ether oxygens (including phenoxy) is 3. The molecule has 2 heterocycles. The van der Waals surface area contributed by atoms with E-state index >= 15 is 0 Å². The fourth-order valence-corrected chi connectivity index (χ4v) is 4.79. The number of hydrogen-bond acceptors (Lipinski definition) is 5. The summed E-state index contributed by atoms with van der Waals surface area (Å²) in [5, 5.41) is 7.16. The van der Waals surface area contributed by atoms with Crippen molar-refractivity contribution in [1.29, 1.82) is 0 Å². The van der Waals surface area contributed by atoms with Crippen LogP contribution in [-0.2, 0) is 0 Å². The van der Waals surface area contributed by atoms with Crippen LogP contribution in [0.2, 0.25) is 0 Å². The van der Waals surface area contributed by atoms with Gasteiger partial charge in [0.15, 0.2) is 0 Å². The van der Waals surface area contributed by atoms with Gasteiger partial charge in [0.25, 0.3) is 0 Å². The van der Waals surface area contributed by atoms with Gasteiger partial charge in [-0.3, -0.25) is 0 Å². The molecule has 0 aromatic heterocycles. The summed E-state index contributed by atoms with van der Waals surface area (Å²) in [4.78, 5) is 0. The maximum Gasteiger partial charge on any atom is 0.213 e. The zero-order valence-corrected chi connectivity index (χ0v) is 21.4. The highest BCUT2D eigenvalue weighted by molar-refractivity contribution is 9.10. The van der Waals surface area contributed by atoms with E-state index in [0.29, 0.717) is 6.61 Å². The van der Waals surface area contributed by atoms with E-state index in [1.807, 2.05) is 36.4 Å². The lowest BCUT2D eigenvalue weighted by atomic mass is 9.96. The molecule has 0 bridgehead atoms. The third kappa shape index (κ3) is 5.08. The highest BCUT2D eigenvalue weighted by Gasteiger charge is 2.41. The Morgan fingerprint density at radius 2 is 1.80 bits per heavy atom. The Kier molecular flexibility index (Phi) is 7.09. The lowest BCUT2D eigenvalue weighted by molar-refractivity contribution is -0.0191. The number of hydrazone groups is 1. The van der Waals surface area contributed by atoms with E-state index in [9.17, 15) is 0 Å². The molecule has 0 saturated carbocycles. The Balaban J connectivity index is 1.44. The van der Waals surface area contributed by atoms with Crippen LogP contribution in [0, 0.1) is 0 Å². The molecule has 180 valence electrons. The van der Waals surface area contributed by atoms with E-state index in [4.69, 9.17) is 19.3 Å². The third-order valence-corrected chi connectivity index (χ3v) is 6.73. The second-order valence-corrected chi connectivity index (χ2v) is 9.61. The van der Waals surface area contributed by atoms with Gasteiger partial charge >= 0.3 is 0 Å². The van der Waals surface area contributed by atoms with Gasteiger partial charge in [-0.2, -0.15) is 5.10 Å². The Morgan fingerprint density at radius 1 is 1.06 bits per heavy atom. The first-order chi connectivity index (χ1) is 17.2. The van der Waals surface area contributed by atoms with E-state index in [0.717, 1.165) is 70.0 Å². The van der Waals surface area contributed by atoms with Crippen molar-refractivity contribution < 1.29 is 14.2 Å². The zero-order chi connectivity index (χ0) is 24.2. The van der Waals surface area contributed by atoms with Gasteiger partial charge < -0.3 is 14.2 Å². The van der Waals surface area contributed by atoms with Crippen molar-refractivity contribution in [2.24, 2.45) is 5.10 Å². The first-order valence-electron chi connectivity index (χ1n) is 12.0. The number of rotatable bonds is 9. The van der Waals surface area contributed by atoms with Crippen molar-refractivity contribution in [3.8, 4) is 17.2 Å². The zero-order valence-electron chi connectivity index (χ0n) is 19.8. The molecule has 0 fully saturated rings. The van der Waals surface area contributed by atoms with Crippen molar-refractivity contribution >= 4 is 21.6 Å². The summed E-state index contributed by atoms with van der Waals surface area (Å²) < 4.78 is 19.0. The maximum atomic E-state index is 6.50. The van der Waals surface area contributed by atoms with Crippen molar-refractivity contribution in [2.75, 3.05) is 13.2 Å². The summed E-state index contributed by atoms with van der Waals surface area (Å²) in [6, 6.07) is 22.6. The fraction of sp³-hybridized carbons (Fsp3) is 0.276. The Morgan fingerprint density at radius 3 is 2.54 bits per heavy atom. The molecule has 0 unspecified atom stereocenters. The topological polar surface area (TPSA) is 43.3 Å². The van der Waals surface area contributed by atoms with Crippen LogP contribution in [0.5, 0.6) is 17.2 Å². The summed E-state index contributed by atoms with van der Waals surface area (Å²) in [7, 11) is 0. The highest BCUT2D eigenvalue weighted by Crippen LogP contribution is 2.48. The third-order valence-electron chi connectivity index (χ3n) is 6.24. The predicted octanol–water partition coefficient (Wildman–Crippen LogP) is 7.44. The van der Waals surface area contributed by atoms with Crippen LogP contribution in [0.15, 0.2) is 89.0 Å². The molecule has 2 aliphatic heterocycles. The Hall–Kier alpha value is -3.25. The number of nitrogens with zero attached hydrogens (tertiary/aromatic N) is 2. The van der Waals surface area contributed by atoms with E-state index in [-0.39, 0.29) is 12.3 Å². The normalized spacial score (nSPS) is 18.2. The van der Waals surface area contributed by atoms with Crippen molar-refractivity contribution in [1.82, 2.24) is 5.01 Å². The van der Waals surface area contributed by atoms with Crippen LogP contribution in [-0.4, -0.2) is 23.9 Å². The molecule has 35 heavy (non-hydrogen) atoms. The average molecular weight is 533 g/mol. The molecule has 5 nitrogen and oxygen atoms in total. The first-order valence-corrected chi connectivity index (χ1v) is 12.8. The molecule has 5 rings (SSSR count). The van der Waals surface area contributed by atoms with Gasteiger partial charge in [0.1, 0.15) is 23.9 Å². The number of hydrogen-bond donors (Lipinski definition) is 0. The Labute approximate surface area is 215 Å². The van der Waals surface area contributed by atoms with Gasteiger partial charge in [0, 0.05) is 22.0 Å². The second-order valence-electron chi connectivity index (χ2n) is 8.69. The molecule has 0 aliphatic carbocycles. The van der Waals surface area contributed by atoms with Crippen LogP contribution in [0.4, 0.5) is 0 Å². The van der Waals surface area contributed by atoms with E-state index in [1.165, 1.54) is 0 Å². The molecule has 0 N–H and O–H groups in total. The van der Waals surface area contributed by atoms with Gasteiger partial charge in [-0.1, -0.05) is 41.9 Å².